The van der Waals surface area contributed by atoms with Crippen molar-refractivity contribution in [2.24, 2.45) is 0 Å². The second-order valence-corrected chi connectivity index (χ2v) is 2.47. The van der Waals surface area contributed by atoms with E-state index in [1.165, 1.54) is 0 Å². The van der Waals surface area contributed by atoms with Crippen LogP contribution in [0.3, 0.4) is 0 Å². The van der Waals surface area contributed by atoms with Gasteiger partial charge < -0.3 is 5.73 Å². The maximum absolute atomic E-state index is 5.60. The molecule has 1 atom stereocenters. The summed E-state index contributed by atoms with van der Waals surface area (Å²) in [6.07, 6.45) is 1.74. The maximum Gasteiger partial charge on any atom is 0.0799 e. The fraction of sp³-hybridized carbons (Fsp3) is 0.167. The summed E-state index contributed by atoms with van der Waals surface area (Å²) in [4.78, 5) is 3.98. The maximum atomic E-state index is 5.60. The predicted molar refractivity (Wildman–Crippen MR) is 42.7 cm³/mol. The lowest BCUT2D eigenvalue weighted by Crippen LogP contribution is -2.06. The van der Waals surface area contributed by atoms with E-state index < -0.39 is 0 Å². The van der Waals surface area contributed by atoms with Gasteiger partial charge in [-0.2, -0.15) is 0 Å². The quantitative estimate of drug-likeness (QED) is 0.532. The Hall–Kier alpha value is -0.620. The van der Waals surface area contributed by atoms with Crippen LogP contribution < -0.4 is 11.2 Å². The third kappa shape index (κ3) is 1.19. The molecule has 0 amide bonds. The van der Waals surface area contributed by atoms with Gasteiger partial charge in [0.05, 0.1) is 11.1 Å². The third-order valence-corrected chi connectivity index (χ3v) is 1.70. The Morgan fingerprint density at radius 1 is 1.67 bits per heavy atom. The Kier molecular flexibility index (Phi) is 1.68. The van der Waals surface area contributed by atoms with Crippen molar-refractivity contribution >= 4 is 20.4 Å². The van der Waals surface area contributed by atoms with Gasteiger partial charge in [-0.05, 0) is 18.6 Å². The Balaban J connectivity index is 3.25. The van der Waals surface area contributed by atoms with E-state index in [-0.39, 0.29) is 0 Å². The number of aryl methyl sites for hydroxylation is 1. The van der Waals surface area contributed by atoms with Gasteiger partial charge in [-0.25, -0.2) is 0 Å². The Morgan fingerprint density at radius 2 is 2.33 bits per heavy atom. The zero-order valence-corrected chi connectivity index (χ0v) is 6.41. The highest BCUT2D eigenvalue weighted by Crippen LogP contribution is 2.05. The first-order valence-electron chi connectivity index (χ1n) is 2.68. The van der Waals surface area contributed by atoms with E-state index >= 15 is 0 Å². The Bertz CT molecular complexity index is 202. The fourth-order valence-corrected chi connectivity index (χ4v) is 0.904. The average Bonchev–Trinajstić information content (AvgIpc) is 1.83. The standard InChI is InChI=1S/C6H9N2P/c1-4-2-3-8-6(9)5(4)7/h2-3H,7,9H2,1H3. The molecule has 9 heavy (non-hydrogen) atoms. The molecule has 3 heteroatoms. The van der Waals surface area contributed by atoms with Crippen LogP contribution in [0.1, 0.15) is 5.56 Å². The van der Waals surface area contributed by atoms with Crippen LogP contribution in [0.15, 0.2) is 12.3 Å². The molecule has 0 fully saturated rings. The van der Waals surface area contributed by atoms with Crippen molar-refractivity contribution in [2.45, 2.75) is 6.92 Å². The van der Waals surface area contributed by atoms with E-state index in [1.807, 2.05) is 13.0 Å². The smallest absolute Gasteiger partial charge is 0.0799 e. The molecule has 0 bridgehead atoms. The van der Waals surface area contributed by atoms with Crippen LogP contribution in [0.2, 0.25) is 0 Å². The minimum absolute atomic E-state index is 0.766. The molecule has 0 saturated heterocycles. The average molecular weight is 140 g/mol. The van der Waals surface area contributed by atoms with Crippen LogP contribution in [0.25, 0.3) is 0 Å². The molecule has 2 nitrogen and oxygen atoms in total. The third-order valence-electron chi connectivity index (χ3n) is 1.24. The highest BCUT2D eigenvalue weighted by Gasteiger charge is 1.94. The SMILES string of the molecule is Cc1ccnc(P)c1N. The van der Waals surface area contributed by atoms with Gasteiger partial charge in [-0.3, -0.25) is 4.98 Å². The molecule has 0 spiro atoms. The summed E-state index contributed by atoms with van der Waals surface area (Å²) in [6, 6.07) is 1.89. The van der Waals surface area contributed by atoms with Crippen LogP contribution in [0, 0.1) is 6.92 Å². The molecule has 1 unspecified atom stereocenters. The van der Waals surface area contributed by atoms with Crippen LogP contribution in [0.5, 0.6) is 0 Å². The van der Waals surface area contributed by atoms with Gasteiger partial charge in [0, 0.05) is 6.20 Å². The summed E-state index contributed by atoms with van der Waals surface area (Å²) in [5.41, 5.74) is 8.27. The van der Waals surface area contributed by atoms with Crippen molar-refractivity contribution in [1.29, 1.82) is 0 Å². The van der Waals surface area contributed by atoms with Gasteiger partial charge in [-0.15, -0.1) is 0 Å². The number of hydrogen-bond donors (Lipinski definition) is 1. The first kappa shape index (κ1) is 6.50. The molecule has 1 rings (SSSR count). The predicted octanol–water partition coefficient (Wildman–Crippen LogP) is 0.473. The summed E-state index contributed by atoms with van der Waals surface area (Å²) in [5, 5.41) is 0. The highest BCUT2D eigenvalue weighted by molar-refractivity contribution is 7.27. The molecule has 0 saturated carbocycles. The van der Waals surface area contributed by atoms with Crippen molar-refractivity contribution < 1.29 is 0 Å². The fourth-order valence-electron chi connectivity index (χ4n) is 0.591. The van der Waals surface area contributed by atoms with Crippen LogP contribution in [-0.4, -0.2) is 4.98 Å². The van der Waals surface area contributed by atoms with Crippen molar-refractivity contribution in [2.75, 3.05) is 5.73 Å². The van der Waals surface area contributed by atoms with Gasteiger partial charge in [-0.1, -0.05) is 9.24 Å². The van der Waals surface area contributed by atoms with E-state index in [9.17, 15) is 0 Å². The lowest BCUT2D eigenvalue weighted by Gasteiger charge is -1.99. The summed E-state index contributed by atoms with van der Waals surface area (Å²) < 4.78 is 0. The molecule has 0 aromatic carbocycles. The van der Waals surface area contributed by atoms with Gasteiger partial charge >= 0.3 is 0 Å². The largest absolute Gasteiger partial charge is 0.397 e. The van der Waals surface area contributed by atoms with Crippen LogP contribution >= 0.6 is 9.24 Å². The van der Waals surface area contributed by atoms with Crippen LogP contribution in [-0.2, 0) is 0 Å². The van der Waals surface area contributed by atoms with Gasteiger partial charge in [0.2, 0.25) is 0 Å². The van der Waals surface area contributed by atoms with Gasteiger partial charge in [0.15, 0.2) is 0 Å². The number of aromatic nitrogens is 1. The zero-order chi connectivity index (χ0) is 6.85. The molecular weight excluding hydrogens is 131 g/mol. The number of pyridine rings is 1. The summed E-state index contributed by atoms with van der Waals surface area (Å²) in [7, 11) is 2.48. The lowest BCUT2D eigenvalue weighted by molar-refractivity contribution is 1.34. The normalized spacial score (nSPS) is 9.56. The van der Waals surface area contributed by atoms with Crippen molar-refractivity contribution in [3.63, 3.8) is 0 Å². The number of hydrogen-bond acceptors (Lipinski definition) is 2. The number of rotatable bonds is 0. The van der Waals surface area contributed by atoms with E-state index in [1.54, 1.807) is 6.20 Å². The first-order valence-corrected chi connectivity index (χ1v) is 3.26. The number of nitrogens with two attached hydrogens (primary N) is 1. The van der Waals surface area contributed by atoms with Gasteiger partial charge in [0.25, 0.3) is 0 Å². The molecule has 0 aliphatic carbocycles. The summed E-state index contributed by atoms with van der Waals surface area (Å²) in [5.74, 6) is 0. The van der Waals surface area contributed by atoms with Crippen molar-refractivity contribution in [3.8, 4) is 0 Å². The molecule has 0 radical (unpaired) electrons. The minimum Gasteiger partial charge on any atom is -0.397 e. The minimum atomic E-state index is 0.766. The Morgan fingerprint density at radius 3 is 2.78 bits per heavy atom. The molecule has 0 aliphatic heterocycles. The van der Waals surface area contributed by atoms with Crippen molar-refractivity contribution in [1.82, 2.24) is 4.98 Å². The second-order valence-electron chi connectivity index (χ2n) is 1.93. The van der Waals surface area contributed by atoms with E-state index in [0.717, 1.165) is 16.7 Å². The molecule has 0 aliphatic rings. The van der Waals surface area contributed by atoms with E-state index in [0.29, 0.717) is 0 Å². The van der Waals surface area contributed by atoms with Crippen LogP contribution in [0.4, 0.5) is 5.69 Å². The number of nitrogens with zero attached hydrogens (tertiary/aromatic N) is 1. The highest BCUT2D eigenvalue weighted by atomic mass is 31.0. The summed E-state index contributed by atoms with van der Waals surface area (Å²) >= 11 is 0. The molecule has 2 N–H and O–H groups in total. The lowest BCUT2D eigenvalue weighted by atomic mass is 10.3. The Labute approximate surface area is 56.7 Å². The monoisotopic (exact) mass is 140 g/mol. The first-order chi connectivity index (χ1) is 4.22. The van der Waals surface area contributed by atoms with E-state index in [4.69, 9.17) is 5.73 Å². The number of nitrogen functional groups attached to an aromatic ring is 1. The molecule has 1 aromatic rings. The molecular formula is C6H9N2P. The van der Waals surface area contributed by atoms with Crippen molar-refractivity contribution in [3.05, 3.63) is 17.8 Å². The summed E-state index contributed by atoms with van der Waals surface area (Å²) in [6.45, 7) is 1.96. The molecule has 1 heterocycles. The topological polar surface area (TPSA) is 38.9 Å². The second kappa shape index (κ2) is 2.32. The molecule has 1 aromatic heterocycles. The van der Waals surface area contributed by atoms with Gasteiger partial charge in [0.1, 0.15) is 0 Å². The number of anilines is 1. The van der Waals surface area contributed by atoms with E-state index in [2.05, 4.69) is 14.2 Å². The zero-order valence-electron chi connectivity index (χ0n) is 5.26. The molecule has 48 valence electrons.